The SMILES string of the molecule is CCOC(=O)c1[c]c(C(=O)OC)ccc1Cl. The van der Waals surface area contributed by atoms with Crippen molar-refractivity contribution in [1.82, 2.24) is 0 Å². The van der Waals surface area contributed by atoms with Gasteiger partial charge in [0.25, 0.3) is 0 Å². The molecule has 85 valence electrons. The van der Waals surface area contributed by atoms with E-state index in [9.17, 15) is 9.59 Å². The fourth-order valence-electron chi connectivity index (χ4n) is 1.06. The molecule has 0 amide bonds. The summed E-state index contributed by atoms with van der Waals surface area (Å²) in [7, 11) is 1.24. The second kappa shape index (κ2) is 5.51. The molecule has 0 atom stereocenters. The van der Waals surface area contributed by atoms with Gasteiger partial charge in [-0.3, -0.25) is 0 Å². The zero-order valence-electron chi connectivity index (χ0n) is 8.87. The molecule has 0 aliphatic heterocycles. The van der Waals surface area contributed by atoms with Crippen LogP contribution in [0.2, 0.25) is 5.02 Å². The van der Waals surface area contributed by atoms with Crippen LogP contribution in [-0.4, -0.2) is 25.7 Å². The van der Waals surface area contributed by atoms with Crippen molar-refractivity contribution in [1.29, 1.82) is 0 Å². The molecule has 0 aromatic heterocycles. The zero-order chi connectivity index (χ0) is 12.1. The first-order chi connectivity index (χ1) is 7.60. The van der Waals surface area contributed by atoms with Crippen molar-refractivity contribution in [2.24, 2.45) is 0 Å². The highest BCUT2D eigenvalue weighted by atomic mass is 35.5. The van der Waals surface area contributed by atoms with Crippen LogP contribution in [0.1, 0.15) is 27.6 Å². The molecule has 0 fully saturated rings. The largest absolute Gasteiger partial charge is 0.465 e. The summed E-state index contributed by atoms with van der Waals surface area (Å²) >= 11 is 5.79. The van der Waals surface area contributed by atoms with Gasteiger partial charge in [0.2, 0.25) is 0 Å². The van der Waals surface area contributed by atoms with Crippen molar-refractivity contribution in [2.45, 2.75) is 6.92 Å². The number of carbonyl (C=O) groups is 2. The Kier molecular flexibility index (Phi) is 4.31. The molecular weight excluding hydrogens is 232 g/mol. The molecule has 0 unspecified atom stereocenters. The summed E-state index contributed by atoms with van der Waals surface area (Å²) in [5, 5.41) is 0.186. The third-order valence-corrected chi connectivity index (χ3v) is 2.09. The minimum absolute atomic E-state index is 0.0337. The number of esters is 2. The van der Waals surface area contributed by atoms with E-state index in [4.69, 9.17) is 16.3 Å². The first-order valence-electron chi connectivity index (χ1n) is 4.57. The number of benzene rings is 1. The van der Waals surface area contributed by atoms with Crippen molar-refractivity contribution < 1.29 is 19.1 Å². The molecule has 1 aromatic rings. The van der Waals surface area contributed by atoms with E-state index in [0.29, 0.717) is 0 Å². The van der Waals surface area contributed by atoms with Gasteiger partial charge in [-0.15, -0.1) is 0 Å². The lowest BCUT2D eigenvalue weighted by atomic mass is 10.1. The summed E-state index contributed by atoms with van der Waals surface area (Å²) in [6, 6.07) is 5.42. The van der Waals surface area contributed by atoms with E-state index in [1.165, 1.54) is 19.2 Å². The van der Waals surface area contributed by atoms with Gasteiger partial charge >= 0.3 is 11.9 Å². The molecule has 0 bridgehead atoms. The van der Waals surface area contributed by atoms with Crippen molar-refractivity contribution in [3.8, 4) is 0 Å². The highest BCUT2D eigenvalue weighted by Crippen LogP contribution is 2.18. The Morgan fingerprint density at radius 2 is 2.06 bits per heavy atom. The number of carbonyl (C=O) groups excluding carboxylic acids is 2. The van der Waals surface area contributed by atoms with Crippen molar-refractivity contribution in [3.05, 3.63) is 34.3 Å². The smallest absolute Gasteiger partial charge is 0.340 e. The highest BCUT2D eigenvalue weighted by molar-refractivity contribution is 6.33. The Hall–Kier alpha value is -1.55. The van der Waals surface area contributed by atoms with Gasteiger partial charge in [0, 0.05) is 6.07 Å². The van der Waals surface area contributed by atoms with Crippen LogP contribution in [0.25, 0.3) is 0 Å². The standard InChI is InChI=1S/C11H10ClO4/c1-3-16-11(14)8-6-7(10(13)15-2)4-5-9(8)12/h4-5H,3H2,1-2H3. The molecule has 1 rings (SSSR count). The number of rotatable bonds is 3. The maximum Gasteiger partial charge on any atom is 0.340 e. The second-order valence-corrected chi connectivity index (χ2v) is 3.21. The van der Waals surface area contributed by atoms with Gasteiger partial charge < -0.3 is 9.47 Å². The van der Waals surface area contributed by atoms with E-state index in [2.05, 4.69) is 10.8 Å². The van der Waals surface area contributed by atoms with Gasteiger partial charge in [-0.05, 0) is 19.1 Å². The predicted octanol–water partition coefficient (Wildman–Crippen LogP) is 2.10. The van der Waals surface area contributed by atoms with E-state index in [-0.39, 0.29) is 22.8 Å². The van der Waals surface area contributed by atoms with Crippen LogP contribution >= 0.6 is 11.6 Å². The molecule has 0 saturated carbocycles. The molecule has 5 heteroatoms. The van der Waals surface area contributed by atoms with Gasteiger partial charge in [0.15, 0.2) is 0 Å². The normalized spacial score (nSPS) is 9.69. The summed E-state index contributed by atoms with van der Waals surface area (Å²) in [4.78, 5) is 22.6. The second-order valence-electron chi connectivity index (χ2n) is 2.81. The predicted molar refractivity (Wildman–Crippen MR) is 57.6 cm³/mol. The maximum atomic E-state index is 11.4. The third kappa shape index (κ3) is 2.73. The zero-order valence-corrected chi connectivity index (χ0v) is 9.63. The van der Waals surface area contributed by atoms with Crippen molar-refractivity contribution in [3.63, 3.8) is 0 Å². The monoisotopic (exact) mass is 241 g/mol. The molecular formula is C11H10ClO4. The molecule has 1 radical (unpaired) electrons. The number of hydrogen-bond donors (Lipinski definition) is 0. The summed E-state index contributed by atoms with van der Waals surface area (Å²) in [6.07, 6.45) is 0. The number of ether oxygens (including phenoxy) is 2. The average Bonchev–Trinajstić information content (AvgIpc) is 2.29. The first kappa shape index (κ1) is 12.5. The topological polar surface area (TPSA) is 52.6 Å². The van der Waals surface area contributed by atoms with Gasteiger partial charge in [0.1, 0.15) is 0 Å². The van der Waals surface area contributed by atoms with E-state index < -0.39 is 11.9 Å². The lowest BCUT2D eigenvalue weighted by Gasteiger charge is -2.05. The molecule has 0 aliphatic carbocycles. The lowest BCUT2D eigenvalue weighted by molar-refractivity contribution is 0.0526. The van der Waals surface area contributed by atoms with Gasteiger partial charge in [0.05, 0.1) is 29.9 Å². The molecule has 16 heavy (non-hydrogen) atoms. The molecule has 4 nitrogen and oxygen atoms in total. The minimum Gasteiger partial charge on any atom is -0.465 e. The molecule has 0 spiro atoms. The Balaban J connectivity index is 3.08. The summed E-state index contributed by atoms with van der Waals surface area (Å²) in [5.74, 6) is -1.19. The van der Waals surface area contributed by atoms with Crippen LogP contribution in [0.3, 0.4) is 0 Å². The number of methoxy groups -OCH3 is 1. The lowest BCUT2D eigenvalue weighted by Crippen LogP contribution is -2.09. The molecule has 1 aromatic carbocycles. The van der Waals surface area contributed by atoms with Gasteiger partial charge in [-0.1, -0.05) is 11.6 Å². The van der Waals surface area contributed by atoms with Crippen LogP contribution in [0.15, 0.2) is 12.1 Å². The van der Waals surface area contributed by atoms with Crippen LogP contribution < -0.4 is 0 Å². The van der Waals surface area contributed by atoms with E-state index >= 15 is 0 Å². The van der Waals surface area contributed by atoms with E-state index in [1.807, 2.05) is 0 Å². The Labute approximate surface area is 98.1 Å². The number of hydrogen-bond acceptors (Lipinski definition) is 4. The fourth-order valence-corrected chi connectivity index (χ4v) is 1.24. The van der Waals surface area contributed by atoms with Crippen molar-refractivity contribution >= 4 is 23.5 Å². The van der Waals surface area contributed by atoms with E-state index in [1.54, 1.807) is 6.92 Å². The quantitative estimate of drug-likeness (QED) is 0.761. The van der Waals surface area contributed by atoms with Crippen LogP contribution in [0, 0.1) is 6.07 Å². The Bertz CT molecular complexity index is 414. The van der Waals surface area contributed by atoms with Gasteiger partial charge in [-0.25, -0.2) is 9.59 Å². The maximum absolute atomic E-state index is 11.4. The summed E-state index contributed by atoms with van der Waals surface area (Å²) in [6.45, 7) is 1.90. The van der Waals surface area contributed by atoms with E-state index in [0.717, 1.165) is 0 Å². The average molecular weight is 242 g/mol. The molecule has 0 saturated heterocycles. The molecule has 0 N–H and O–H groups in total. The Morgan fingerprint density at radius 3 is 2.62 bits per heavy atom. The third-order valence-electron chi connectivity index (χ3n) is 1.78. The van der Waals surface area contributed by atoms with Crippen LogP contribution in [0.5, 0.6) is 0 Å². The number of halogens is 1. The van der Waals surface area contributed by atoms with Crippen LogP contribution in [0.4, 0.5) is 0 Å². The minimum atomic E-state index is -0.613. The highest BCUT2D eigenvalue weighted by Gasteiger charge is 2.15. The first-order valence-corrected chi connectivity index (χ1v) is 4.95. The van der Waals surface area contributed by atoms with Crippen LogP contribution in [-0.2, 0) is 9.47 Å². The molecule has 0 heterocycles. The summed E-state index contributed by atoms with van der Waals surface area (Å²) in [5.41, 5.74) is 0.168. The molecule has 0 aliphatic rings. The summed E-state index contributed by atoms with van der Waals surface area (Å²) < 4.78 is 9.28. The fraction of sp³-hybridized carbons (Fsp3) is 0.273. The van der Waals surface area contributed by atoms with Gasteiger partial charge in [-0.2, -0.15) is 0 Å². The Morgan fingerprint density at radius 1 is 1.38 bits per heavy atom. The van der Waals surface area contributed by atoms with Crippen molar-refractivity contribution in [2.75, 3.05) is 13.7 Å².